The predicted molar refractivity (Wildman–Crippen MR) is 90.4 cm³/mol. The van der Waals surface area contributed by atoms with Crippen LogP contribution in [0.2, 0.25) is 0 Å². The van der Waals surface area contributed by atoms with Gasteiger partial charge in [-0.05, 0) is 59.8 Å². The summed E-state index contributed by atoms with van der Waals surface area (Å²) < 4.78 is 10.3. The van der Waals surface area contributed by atoms with Gasteiger partial charge in [-0.3, -0.25) is 0 Å². The zero-order valence-electron chi connectivity index (χ0n) is 13.2. The van der Waals surface area contributed by atoms with Gasteiger partial charge in [0, 0.05) is 6.42 Å². The van der Waals surface area contributed by atoms with Crippen molar-refractivity contribution in [1.82, 2.24) is 0 Å². The summed E-state index contributed by atoms with van der Waals surface area (Å²) in [6.45, 7) is 8.56. The topological polar surface area (TPSA) is 37.3 Å². The van der Waals surface area contributed by atoms with Crippen molar-refractivity contribution in [2.45, 2.75) is 66.2 Å². The maximum absolute atomic E-state index is 10.3. The van der Waals surface area contributed by atoms with Crippen LogP contribution in [0.15, 0.2) is 34.9 Å². The molecule has 0 aliphatic rings. The number of aliphatic hydroxyl groups is 1. The molecule has 20 heavy (non-hydrogen) atoms. The van der Waals surface area contributed by atoms with Crippen molar-refractivity contribution in [3.05, 3.63) is 34.9 Å². The standard InChI is InChI=1S/C17H28O2S/c1-14(2)8-5-9-15(3)10-6-11-16(4)12-7-13-17(18)20-19/h8,10,12,18H,5-7,9,11,13H2,1-4H3. The number of allylic oxidation sites excluding steroid dienone is 6. The minimum absolute atomic E-state index is 0.0240. The third kappa shape index (κ3) is 12.1. The van der Waals surface area contributed by atoms with Gasteiger partial charge < -0.3 is 5.11 Å². The van der Waals surface area contributed by atoms with E-state index >= 15 is 0 Å². The molecule has 0 unspecified atom stereocenters. The summed E-state index contributed by atoms with van der Waals surface area (Å²) in [5.74, 6) is 0. The molecule has 0 amide bonds. The summed E-state index contributed by atoms with van der Waals surface area (Å²) in [6.07, 6.45) is 12.3. The first-order chi connectivity index (χ1) is 9.45. The van der Waals surface area contributed by atoms with Crippen LogP contribution in [0.25, 0.3) is 0 Å². The second kappa shape index (κ2) is 11.9. The van der Waals surface area contributed by atoms with E-state index in [2.05, 4.69) is 45.9 Å². The molecular formula is C17H28O2S. The van der Waals surface area contributed by atoms with E-state index in [9.17, 15) is 4.21 Å². The van der Waals surface area contributed by atoms with Crippen molar-refractivity contribution >= 4 is 16.3 Å². The molecule has 0 heterocycles. The zero-order valence-corrected chi connectivity index (χ0v) is 14.1. The number of hydrogen-bond donors (Lipinski definition) is 1. The van der Waals surface area contributed by atoms with Gasteiger partial charge in [-0.2, -0.15) is 0 Å². The van der Waals surface area contributed by atoms with Gasteiger partial charge in [0.2, 0.25) is 0 Å². The van der Waals surface area contributed by atoms with Crippen molar-refractivity contribution in [3.63, 3.8) is 0 Å². The molecule has 0 aliphatic carbocycles. The van der Waals surface area contributed by atoms with E-state index in [1.54, 1.807) is 0 Å². The lowest BCUT2D eigenvalue weighted by molar-refractivity contribution is 0.546. The van der Waals surface area contributed by atoms with Gasteiger partial charge in [0.15, 0.2) is 0 Å². The maximum Gasteiger partial charge on any atom is 0.142 e. The van der Waals surface area contributed by atoms with Gasteiger partial charge in [-0.15, -0.1) is 0 Å². The first-order valence-corrected chi connectivity index (χ1v) is 7.99. The highest BCUT2D eigenvalue weighted by Crippen LogP contribution is 2.12. The molecule has 0 bridgehead atoms. The van der Waals surface area contributed by atoms with Gasteiger partial charge in [-0.1, -0.05) is 34.9 Å². The molecule has 0 aromatic rings. The molecule has 0 aromatic carbocycles. The molecule has 0 atom stereocenters. The van der Waals surface area contributed by atoms with Crippen molar-refractivity contribution in [3.8, 4) is 0 Å². The molecule has 3 heteroatoms. The van der Waals surface area contributed by atoms with Crippen LogP contribution in [0.3, 0.4) is 0 Å². The molecule has 0 aliphatic heterocycles. The second-order valence-corrected chi connectivity index (χ2v) is 6.11. The molecule has 1 N–H and O–H groups in total. The molecule has 2 nitrogen and oxygen atoms in total. The van der Waals surface area contributed by atoms with Crippen LogP contribution < -0.4 is 0 Å². The Hall–Kier alpha value is -0.930. The second-order valence-electron chi connectivity index (χ2n) is 5.48. The predicted octanol–water partition coefficient (Wildman–Crippen LogP) is 5.09. The number of aliphatic hydroxyl groups excluding tert-OH is 1. The molecule has 0 fully saturated rings. The molecular weight excluding hydrogens is 268 g/mol. The van der Waals surface area contributed by atoms with E-state index in [1.807, 2.05) is 0 Å². The van der Waals surface area contributed by atoms with E-state index in [0.717, 1.165) is 32.1 Å². The van der Waals surface area contributed by atoms with Crippen LogP contribution in [0.1, 0.15) is 66.2 Å². The average molecular weight is 296 g/mol. The SMILES string of the molecule is CC(C)=CCCC(C)=CCCC(C)=CCCC(O)=S=O. The lowest BCUT2D eigenvalue weighted by Crippen LogP contribution is -1.93. The number of rotatable bonds is 9. The minimum Gasteiger partial charge on any atom is -0.353 e. The summed E-state index contributed by atoms with van der Waals surface area (Å²) in [6, 6.07) is 0. The molecule has 0 rings (SSSR count). The highest BCUT2D eigenvalue weighted by molar-refractivity contribution is 7.66. The Morgan fingerprint density at radius 1 is 0.850 bits per heavy atom. The third-order valence-corrected chi connectivity index (χ3v) is 3.47. The Bertz CT molecular complexity index is 420. The molecule has 0 saturated heterocycles. The smallest absolute Gasteiger partial charge is 0.142 e. The largest absolute Gasteiger partial charge is 0.353 e. The molecule has 0 aromatic heterocycles. The highest BCUT2D eigenvalue weighted by Gasteiger charge is 1.94. The van der Waals surface area contributed by atoms with E-state index in [1.165, 1.54) is 16.7 Å². The Kier molecular flexibility index (Phi) is 11.3. The normalized spacial score (nSPS) is 12.2. The fraction of sp³-hybridized carbons (Fsp3) is 0.588. The number of hydrogen-bond acceptors (Lipinski definition) is 1. The fourth-order valence-electron chi connectivity index (χ4n) is 1.82. The summed E-state index contributed by atoms with van der Waals surface area (Å²) in [5, 5.41) is 9.04. The van der Waals surface area contributed by atoms with Gasteiger partial charge in [0.25, 0.3) is 0 Å². The van der Waals surface area contributed by atoms with Gasteiger partial charge in [0.05, 0.1) is 0 Å². The average Bonchev–Trinajstić information content (AvgIpc) is 2.38. The third-order valence-electron chi connectivity index (χ3n) is 3.07. The molecule has 0 radical (unpaired) electrons. The van der Waals surface area contributed by atoms with Gasteiger partial charge in [0.1, 0.15) is 16.3 Å². The van der Waals surface area contributed by atoms with Crippen molar-refractivity contribution in [2.75, 3.05) is 0 Å². The lowest BCUT2D eigenvalue weighted by Gasteiger charge is -2.01. The van der Waals surface area contributed by atoms with E-state index in [-0.39, 0.29) is 16.3 Å². The summed E-state index contributed by atoms with van der Waals surface area (Å²) in [4.78, 5) is 0. The minimum atomic E-state index is -0.0240. The Morgan fingerprint density at radius 3 is 1.75 bits per heavy atom. The van der Waals surface area contributed by atoms with E-state index in [4.69, 9.17) is 5.11 Å². The molecule has 0 saturated carbocycles. The highest BCUT2D eigenvalue weighted by atomic mass is 32.1. The summed E-state index contributed by atoms with van der Waals surface area (Å²) in [5.41, 5.74) is 4.15. The first-order valence-electron chi connectivity index (χ1n) is 7.25. The Balaban J connectivity index is 3.93. The van der Waals surface area contributed by atoms with Crippen LogP contribution >= 0.6 is 0 Å². The summed E-state index contributed by atoms with van der Waals surface area (Å²) >= 11 is 0.186. The first kappa shape index (κ1) is 19.1. The monoisotopic (exact) mass is 296 g/mol. The van der Waals surface area contributed by atoms with Crippen molar-refractivity contribution < 1.29 is 9.32 Å². The van der Waals surface area contributed by atoms with Gasteiger partial charge in [-0.25, -0.2) is 4.21 Å². The quantitative estimate of drug-likeness (QED) is 0.475. The van der Waals surface area contributed by atoms with Crippen LogP contribution in [-0.4, -0.2) is 14.4 Å². The Morgan fingerprint density at radius 2 is 1.30 bits per heavy atom. The van der Waals surface area contributed by atoms with Crippen molar-refractivity contribution in [2.24, 2.45) is 0 Å². The molecule has 0 spiro atoms. The maximum atomic E-state index is 10.3. The lowest BCUT2D eigenvalue weighted by atomic mass is 10.1. The van der Waals surface area contributed by atoms with E-state index in [0.29, 0.717) is 6.42 Å². The van der Waals surface area contributed by atoms with Crippen LogP contribution in [0.5, 0.6) is 0 Å². The Labute approximate surface area is 127 Å². The zero-order chi connectivity index (χ0) is 15.4. The summed E-state index contributed by atoms with van der Waals surface area (Å²) in [7, 11) is 0. The van der Waals surface area contributed by atoms with Gasteiger partial charge >= 0.3 is 0 Å². The van der Waals surface area contributed by atoms with Crippen molar-refractivity contribution in [1.29, 1.82) is 0 Å². The van der Waals surface area contributed by atoms with Crippen LogP contribution in [0, 0.1) is 0 Å². The fourth-order valence-corrected chi connectivity index (χ4v) is 2.02. The van der Waals surface area contributed by atoms with Crippen LogP contribution in [-0.2, 0) is 11.3 Å². The van der Waals surface area contributed by atoms with E-state index < -0.39 is 0 Å². The van der Waals surface area contributed by atoms with Crippen LogP contribution in [0.4, 0.5) is 0 Å². The molecule has 114 valence electrons.